The summed E-state index contributed by atoms with van der Waals surface area (Å²) in [5.74, 6) is 0.512. The lowest BCUT2D eigenvalue weighted by atomic mass is 9.88. The van der Waals surface area contributed by atoms with Gasteiger partial charge in [0.15, 0.2) is 0 Å². The molecule has 7 nitrogen and oxygen atoms in total. The van der Waals surface area contributed by atoms with Crippen LogP contribution in [0.1, 0.15) is 37.2 Å². The van der Waals surface area contributed by atoms with Crippen molar-refractivity contribution < 1.29 is 29.0 Å². The summed E-state index contributed by atoms with van der Waals surface area (Å²) in [6, 6.07) is 7.72. The third-order valence-corrected chi connectivity index (χ3v) is 5.33. The standard InChI is InChI=1S/C17H22BNO6/c20-17(13-8-11-5-6-15(13)24-11)19-16(25-18(21)22)7-10-9-23-14-4-2-1-3-12(10)14/h1-4,10-11,13,15-16,21-22H,5-9H2,(H,19,20)/t10-,11-,13-,15+,16-/m0/s1. The van der Waals surface area contributed by atoms with Gasteiger partial charge >= 0.3 is 7.32 Å². The van der Waals surface area contributed by atoms with E-state index in [9.17, 15) is 14.8 Å². The van der Waals surface area contributed by atoms with Gasteiger partial charge in [-0.05, 0) is 25.3 Å². The summed E-state index contributed by atoms with van der Waals surface area (Å²) in [4.78, 5) is 12.6. The van der Waals surface area contributed by atoms with Crippen molar-refractivity contribution in [2.45, 2.75) is 50.0 Å². The SMILES string of the molecule is O=C(N[C@H](C[C@H]1COc2ccccc21)OB(O)O)[C@H]1C[C@@H]2CC[C@H]1O2. The summed E-state index contributed by atoms with van der Waals surface area (Å²) in [5.41, 5.74) is 1.04. The van der Waals surface area contributed by atoms with Crippen molar-refractivity contribution in [3.63, 3.8) is 0 Å². The number of fused-ring (bicyclic) bond motifs is 3. The Morgan fingerprint density at radius 3 is 2.92 bits per heavy atom. The molecule has 2 bridgehead atoms. The molecule has 3 heterocycles. The lowest BCUT2D eigenvalue weighted by Crippen LogP contribution is -2.46. The third kappa shape index (κ3) is 3.53. The average molecular weight is 347 g/mol. The molecule has 1 aromatic carbocycles. The molecule has 3 aliphatic heterocycles. The van der Waals surface area contributed by atoms with Gasteiger partial charge in [0.25, 0.3) is 0 Å². The summed E-state index contributed by atoms with van der Waals surface area (Å²) < 4.78 is 16.5. The zero-order chi connectivity index (χ0) is 17.4. The summed E-state index contributed by atoms with van der Waals surface area (Å²) in [6.07, 6.45) is 2.40. The van der Waals surface area contributed by atoms with E-state index in [0.29, 0.717) is 13.0 Å². The van der Waals surface area contributed by atoms with E-state index in [2.05, 4.69) is 5.32 Å². The predicted octanol–water partition coefficient (Wildman–Crippen LogP) is 0.549. The highest BCUT2D eigenvalue weighted by Gasteiger charge is 2.45. The molecule has 0 radical (unpaired) electrons. The van der Waals surface area contributed by atoms with Crippen LogP contribution in [0.3, 0.4) is 0 Å². The Kier molecular flexibility index (Phi) is 4.68. The molecule has 4 rings (SSSR count). The first-order valence-electron chi connectivity index (χ1n) is 8.79. The van der Waals surface area contributed by atoms with Crippen LogP contribution in [0.5, 0.6) is 5.75 Å². The van der Waals surface area contributed by atoms with Gasteiger partial charge in [0, 0.05) is 17.9 Å². The Balaban J connectivity index is 1.41. The minimum atomic E-state index is -1.95. The molecule has 0 aromatic heterocycles. The van der Waals surface area contributed by atoms with Crippen LogP contribution in [0.25, 0.3) is 0 Å². The summed E-state index contributed by atoms with van der Waals surface area (Å²) in [5, 5.41) is 21.2. The number of ether oxygens (including phenoxy) is 2. The van der Waals surface area contributed by atoms with Crippen LogP contribution in [-0.4, -0.2) is 48.3 Å². The van der Waals surface area contributed by atoms with Crippen LogP contribution in [0.15, 0.2) is 24.3 Å². The van der Waals surface area contributed by atoms with Crippen LogP contribution in [0, 0.1) is 5.92 Å². The number of hydrogen-bond acceptors (Lipinski definition) is 6. The summed E-state index contributed by atoms with van der Waals surface area (Å²) in [6.45, 7) is 0.480. The van der Waals surface area contributed by atoms with Crippen molar-refractivity contribution in [1.29, 1.82) is 0 Å². The van der Waals surface area contributed by atoms with E-state index in [4.69, 9.17) is 14.1 Å². The zero-order valence-electron chi connectivity index (χ0n) is 13.8. The van der Waals surface area contributed by atoms with Crippen LogP contribution < -0.4 is 10.1 Å². The van der Waals surface area contributed by atoms with Crippen LogP contribution in [0.4, 0.5) is 0 Å². The fourth-order valence-electron chi connectivity index (χ4n) is 4.16. The third-order valence-electron chi connectivity index (χ3n) is 5.33. The van der Waals surface area contributed by atoms with Gasteiger partial charge in [-0.2, -0.15) is 0 Å². The van der Waals surface area contributed by atoms with E-state index in [0.717, 1.165) is 30.6 Å². The molecule has 0 unspecified atom stereocenters. The molecule has 1 amide bonds. The van der Waals surface area contributed by atoms with Crippen molar-refractivity contribution in [3.8, 4) is 5.75 Å². The maximum atomic E-state index is 12.6. The second-order valence-electron chi connectivity index (χ2n) is 6.96. The molecule has 0 aliphatic carbocycles. The molecule has 1 aromatic rings. The van der Waals surface area contributed by atoms with Gasteiger partial charge in [0.1, 0.15) is 12.0 Å². The van der Waals surface area contributed by atoms with E-state index in [-0.39, 0.29) is 30.0 Å². The fraction of sp³-hybridized carbons (Fsp3) is 0.588. The van der Waals surface area contributed by atoms with E-state index < -0.39 is 13.5 Å². The van der Waals surface area contributed by atoms with Gasteiger partial charge in [0.05, 0.1) is 24.7 Å². The lowest BCUT2D eigenvalue weighted by Gasteiger charge is -2.25. The Labute approximate surface area is 146 Å². The molecular weight excluding hydrogens is 325 g/mol. The van der Waals surface area contributed by atoms with Crippen molar-refractivity contribution >= 4 is 13.2 Å². The smallest absolute Gasteiger partial charge is 0.493 e. The number of nitrogens with one attached hydrogen (secondary N) is 1. The molecule has 25 heavy (non-hydrogen) atoms. The van der Waals surface area contributed by atoms with Crippen molar-refractivity contribution in [2.24, 2.45) is 5.92 Å². The van der Waals surface area contributed by atoms with Gasteiger partial charge in [-0.3, -0.25) is 4.79 Å². The second-order valence-corrected chi connectivity index (χ2v) is 6.96. The quantitative estimate of drug-likeness (QED) is 0.514. The monoisotopic (exact) mass is 347 g/mol. The fourth-order valence-corrected chi connectivity index (χ4v) is 4.16. The number of amides is 1. The highest BCUT2D eigenvalue weighted by atomic mass is 16.6. The maximum Gasteiger partial charge on any atom is 0.635 e. The molecule has 3 aliphatic rings. The van der Waals surface area contributed by atoms with Gasteiger partial charge < -0.3 is 29.5 Å². The first kappa shape index (κ1) is 16.8. The van der Waals surface area contributed by atoms with Crippen LogP contribution >= 0.6 is 0 Å². The second kappa shape index (κ2) is 6.95. The molecule has 3 N–H and O–H groups in total. The van der Waals surface area contributed by atoms with Crippen molar-refractivity contribution in [3.05, 3.63) is 29.8 Å². The molecule has 2 fully saturated rings. The van der Waals surface area contributed by atoms with Crippen molar-refractivity contribution in [2.75, 3.05) is 6.61 Å². The Bertz CT molecular complexity index is 641. The first-order valence-corrected chi connectivity index (χ1v) is 8.79. The highest BCUT2D eigenvalue weighted by molar-refractivity contribution is 6.32. The van der Waals surface area contributed by atoms with Gasteiger partial charge in [0.2, 0.25) is 5.91 Å². The molecule has 0 spiro atoms. The number of para-hydroxylation sites is 1. The topological polar surface area (TPSA) is 97.3 Å². The summed E-state index contributed by atoms with van der Waals surface area (Å²) >= 11 is 0. The number of hydrogen-bond donors (Lipinski definition) is 3. The largest absolute Gasteiger partial charge is 0.635 e. The van der Waals surface area contributed by atoms with Gasteiger partial charge in [-0.15, -0.1) is 0 Å². The van der Waals surface area contributed by atoms with E-state index in [1.54, 1.807) is 0 Å². The van der Waals surface area contributed by atoms with Gasteiger partial charge in [-0.1, -0.05) is 18.2 Å². The molecule has 2 saturated heterocycles. The average Bonchev–Trinajstić information content (AvgIpc) is 3.30. The van der Waals surface area contributed by atoms with Crippen molar-refractivity contribution in [1.82, 2.24) is 5.32 Å². The van der Waals surface area contributed by atoms with Crippen LogP contribution in [-0.2, 0) is 14.2 Å². The molecule has 5 atom stereocenters. The zero-order valence-corrected chi connectivity index (χ0v) is 13.8. The number of benzene rings is 1. The van der Waals surface area contributed by atoms with Gasteiger partial charge in [-0.25, -0.2) is 0 Å². The maximum absolute atomic E-state index is 12.6. The minimum Gasteiger partial charge on any atom is -0.493 e. The molecule has 0 saturated carbocycles. The minimum absolute atomic E-state index is 0.0246. The van der Waals surface area contributed by atoms with E-state index >= 15 is 0 Å². The van der Waals surface area contributed by atoms with Crippen LogP contribution in [0.2, 0.25) is 0 Å². The summed E-state index contributed by atoms with van der Waals surface area (Å²) in [7, 11) is -1.95. The number of carbonyl (C=O) groups is 1. The highest BCUT2D eigenvalue weighted by Crippen LogP contribution is 2.39. The number of carbonyl (C=O) groups excluding carboxylic acids is 1. The van der Waals surface area contributed by atoms with E-state index in [1.165, 1.54) is 0 Å². The van der Waals surface area contributed by atoms with E-state index in [1.807, 2.05) is 24.3 Å². The molecule has 8 heteroatoms. The number of rotatable bonds is 6. The normalized spacial score (nSPS) is 30.6. The first-order chi connectivity index (χ1) is 12.1. The Hall–Kier alpha value is -1.61. The Morgan fingerprint density at radius 2 is 2.20 bits per heavy atom. The predicted molar refractivity (Wildman–Crippen MR) is 88.5 cm³/mol. The molecule has 134 valence electrons. The molecular formula is C17H22BNO6. The lowest BCUT2D eigenvalue weighted by molar-refractivity contribution is -0.129. The Morgan fingerprint density at radius 1 is 1.36 bits per heavy atom.